The van der Waals surface area contributed by atoms with E-state index in [4.69, 9.17) is 15.2 Å². The molecule has 0 heterocycles. The highest BCUT2D eigenvalue weighted by Crippen LogP contribution is 2.27. The summed E-state index contributed by atoms with van der Waals surface area (Å²) in [5.41, 5.74) is 7.06. The molecule has 19 heavy (non-hydrogen) atoms. The summed E-state index contributed by atoms with van der Waals surface area (Å²) in [6.07, 6.45) is 1.93. The number of nitrogens with one attached hydrogen (secondary N) is 1. The van der Waals surface area contributed by atoms with E-state index in [0.717, 1.165) is 37.4 Å². The third-order valence-corrected chi connectivity index (χ3v) is 2.98. The van der Waals surface area contributed by atoms with E-state index in [-0.39, 0.29) is 5.54 Å². The molecule has 0 spiro atoms. The summed E-state index contributed by atoms with van der Waals surface area (Å²) in [5.74, 6) is 1.55. The van der Waals surface area contributed by atoms with Gasteiger partial charge in [-0.15, -0.1) is 0 Å². The summed E-state index contributed by atoms with van der Waals surface area (Å²) >= 11 is 0. The third-order valence-electron chi connectivity index (χ3n) is 2.98. The van der Waals surface area contributed by atoms with Crippen molar-refractivity contribution < 1.29 is 9.47 Å². The fourth-order valence-corrected chi connectivity index (χ4v) is 1.80. The molecular formula is C15H26N2O2. The molecule has 0 aliphatic heterocycles. The molecule has 0 aliphatic rings. The van der Waals surface area contributed by atoms with Gasteiger partial charge in [-0.3, -0.25) is 0 Å². The van der Waals surface area contributed by atoms with E-state index in [1.165, 1.54) is 5.56 Å². The molecule has 1 aromatic rings. The molecule has 4 heteroatoms. The summed E-state index contributed by atoms with van der Waals surface area (Å²) < 4.78 is 10.5. The first-order chi connectivity index (χ1) is 8.96. The Balaban J connectivity index is 2.37. The van der Waals surface area contributed by atoms with Crippen LogP contribution in [-0.4, -0.2) is 32.8 Å². The lowest BCUT2D eigenvalue weighted by Gasteiger charge is -2.18. The van der Waals surface area contributed by atoms with E-state index in [2.05, 4.69) is 11.4 Å². The average Bonchev–Trinajstić information content (AvgIpc) is 2.36. The van der Waals surface area contributed by atoms with Crippen LogP contribution in [0, 0.1) is 0 Å². The standard InChI is InChI=1S/C15H26N2O2/c1-15(2,16)8-10-17-9-7-12-5-6-13(18-3)14(11-12)19-4/h5-6,11,17H,7-10,16H2,1-4H3. The Kier molecular flexibility index (Phi) is 6.12. The van der Waals surface area contributed by atoms with Gasteiger partial charge in [0, 0.05) is 5.54 Å². The molecule has 0 aromatic heterocycles. The van der Waals surface area contributed by atoms with Crippen LogP contribution in [-0.2, 0) is 6.42 Å². The lowest BCUT2D eigenvalue weighted by atomic mass is 10.0. The highest BCUT2D eigenvalue weighted by molar-refractivity contribution is 5.42. The Morgan fingerprint density at radius 1 is 1.11 bits per heavy atom. The number of benzene rings is 1. The molecule has 4 nitrogen and oxygen atoms in total. The molecule has 0 amide bonds. The van der Waals surface area contributed by atoms with Crippen molar-refractivity contribution in [2.45, 2.75) is 32.2 Å². The number of hydrogen-bond donors (Lipinski definition) is 2. The van der Waals surface area contributed by atoms with E-state index >= 15 is 0 Å². The lowest BCUT2D eigenvalue weighted by Crippen LogP contribution is -2.36. The van der Waals surface area contributed by atoms with Crippen LogP contribution in [0.4, 0.5) is 0 Å². The van der Waals surface area contributed by atoms with Crippen molar-refractivity contribution in [3.05, 3.63) is 23.8 Å². The second-order valence-corrected chi connectivity index (χ2v) is 5.43. The van der Waals surface area contributed by atoms with E-state index in [0.29, 0.717) is 0 Å². The van der Waals surface area contributed by atoms with Gasteiger partial charge < -0.3 is 20.5 Å². The highest BCUT2D eigenvalue weighted by Gasteiger charge is 2.09. The van der Waals surface area contributed by atoms with Crippen molar-refractivity contribution in [1.82, 2.24) is 5.32 Å². The molecule has 0 atom stereocenters. The number of hydrogen-bond acceptors (Lipinski definition) is 4. The van der Waals surface area contributed by atoms with Crippen molar-refractivity contribution in [1.29, 1.82) is 0 Å². The molecule has 1 aromatic carbocycles. The molecule has 0 bridgehead atoms. The Hall–Kier alpha value is -1.26. The van der Waals surface area contributed by atoms with Crippen molar-refractivity contribution in [3.8, 4) is 11.5 Å². The van der Waals surface area contributed by atoms with E-state index in [1.54, 1.807) is 14.2 Å². The summed E-state index contributed by atoms with van der Waals surface area (Å²) in [4.78, 5) is 0. The van der Waals surface area contributed by atoms with Gasteiger partial charge >= 0.3 is 0 Å². The smallest absolute Gasteiger partial charge is 0.160 e. The molecule has 0 fully saturated rings. The molecule has 0 radical (unpaired) electrons. The van der Waals surface area contributed by atoms with Gasteiger partial charge in [0.05, 0.1) is 14.2 Å². The Bertz CT molecular complexity index is 386. The minimum atomic E-state index is -0.101. The van der Waals surface area contributed by atoms with Gasteiger partial charge in [-0.2, -0.15) is 0 Å². The predicted octanol–water partition coefficient (Wildman–Crippen LogP) is 1.96. The number of ether oxygens (including phenoxy) is 2. The molecular weight excluding hydrogens is 240 g/mol. The SMILES string of the molecule is COc1ccc(CCNCCC(C)(C)N)cc1OC. The maximum atomic E-state index is 5.93. The Morgan fingerprint density at radius 3 is 2.37 bits per heavy atom. The van der Waals surface area contributed by atoms with Crippen molar-refractivity contribution >= 4 is 0 Å². The molecule has 0 unspecified atom stereocenters. The molecule has 1 rings (SSSR count). The second kappa shape index (κ2) is 7.36. The minimum Gasteiger partial charge on any atom is -0.493 e. The van der Waals surface area contributed by atoms with Gasteiger partial charge in [0.1, 0.15) is 0 Å². The number of methoxy groups -OCH3 is 2. The van der Waals surface area contributed by atoms with Gasteiger partial charge in [-0.1, -0.05) is 6.07 Å². The maximum Gasteiger partial charge on any atom is 0.160 e. The van der Waals surface area contributed by atoms with Crippen LogP contribution in [0.5, 0.6) is 11.5 Å². The number of rotatable bonds is 8. The Labute approximate surface area is 116 Å². The van der Waals surface area contributed by atoms with Crippen LogP contribution in [0.2, 0.25) is 0 Å². The lowest BCUT2D eigenvalue weighted by molar-refractivity contribution is 0.354. The van der Waals surface area contributed by atoms with Gasteiger partial charge in [-0.05, 0) is 57.5 Å². The monoisotopic (exact) mass is 266 g/mol. The van der Waals surface area contributed by atoms with Gasteiger partial charge in [0.25, 0.3) is 0 Å². The van der Waals surface area contributed by atoms with Crippen molar-refractivity contribution in [3.63, 3.8) is 0 Å². The first-order valence-corrected chi connectivity index (χ1v) is 6.67. The second-order valence-electron chi connectivity index (χ2n) is 5.43. The van der Waals surface area contributed by atoms with Crippen LogP contribution < -0.4 is 20.5 Å². The first kappa shape index (κ1) is 15.8. The van der Waals surface area contributed by atoms with Crippen molar-refractivity contribution in [2.75, 3.05) is 27.3 Å². The van der Waals surface area contributed by atoms with Crippen LogP contribution in [0.1, 0.15) is 25.8 Å². The molecule has 3 N–H and O–H groups in total. The van der Waals surface area contributed by atoms with Crippen LogP contribution in [0.25, 0.3) is 0 Å². The number of nitrogens with two attached hydrogens (primary N) is 1. The predicted molar refractivity (Wildman–Crippen MR) is 79.0 cm³/mol. The first-order valence-electron chi connectivity index (χ1n) is 6.67. The summed E-state index contributed by atoms with van der Waals surface area (Å²) in [7, 11) is 3.30. The fraction of sp³-hybridized carbons (Fsp3) is 0.600. The van der Waals surface area contributed by atoms with Crippen LogP contribution in [0.3, 0.4) is 0 Å². The molecule has 0 aliphatic carbocycles. The topological polar surface area (TPSA) is 56.5 Å². The van der Waals surface area contributed by atoms with E-state index in [1.807, 2.05) is 26.0 Å². The van der Waals surface area contributed by atoms with E-state index in [9.17, 15) is 0 Å². The van der Waals surface area contributed by atoms with Crippen LogP contribution in [0.15, 0.2) is 18.2 Å². The van der Waals surface area contributed by atoms with Gasteiger partial charge in [-0.25, -0.2) is 0 Å². The van der Waals surface area contributed by atoms with Gasteiger partial charge in [0.2, 0.25) is 0 Å². The van der Waals surface area contributed by atoms with Crippen LogP contribution >= 0.6 is 0 Å². The fourth-order valence-electron chi connectivity index (χ4n) is 1.80. The zero-order valence-electron chi connectivity index (χ0n) is 12.5. The average molecular weight is 266 g/mol. The maximum absolute atomic E-state index is 5.93. The van der Waals surface area contributed by atoms with E-state index < -0.39 is 0 Å². The van der Waals surface area contributed by atoms with Gasteiger partial charge in [0.15, 0.2) is 11.5 Å². The zero-order chi connectivity index (χ0) is 14.3. The summed E-state index contributed by atoms with van der Waals surface area (Å²) in [6.45, 7) is 5.97. The largest absolute Gasteiger partial charge is 0.493 e. The normalized spacial score (nSPS) is 11.4. The Morgan fingerprint density at radius 2 is 1.79 bits per heavy atom. The molecule has 0 saturated carbocycles. The highest BCUT2D eigenvalue weighted by atomic mass is 16.5. The summed E-state index contributed by atoms with van der Waals surface area (Å²) in [5, 5.41) is 3.40. The zero-order valence-corrected chi connectivity index (χ0v) is 12.5. The quantitative estimate of drug-likeness (QED) is 0.706. The summed E-state index contributed by atoms with van der Waals surface area (Å²) in [6, 6.07) is 6.03. The van der Waals surface area contributed by atoms with Crippen molar-refractivity contribution in [2.24, 2.45) is 5.73 Å². The minimum absolute atomic E-state index is 0.101. The molecule has 108 valence electrons. The molecule has 0 saturated heterocycles. The third kappa shape index (κ3) is 5.94.